The number of benzene rings is 1. The van der Waals surface area contributed by atoms with Crippen LogP contribution in [0.2, 0.25) is 0 Å². The first-order valence-electron chi connectivity index (χ1n) is 6.06. The number of anilines is 1. The monoisotopic (exact) mass is 324 g/mol. The van der Waals surface area contributed by atoms with Crippen molar-refractivity contribution < 1.29 is 13.2 Å². The summed E-state index contributed by atoms with van der Waals surface area (Å²) in [7, 11) is 1.50. The van der Waals surface area contributed by atoms with Gasteiger partial charge in [0.25, 0.3) is 15.0 Å². The number of halogens is 1. The second kappa shape index (κ2) is 5.83. The number of rotatable bonds is 3. The maximum atomic E-state index is 12.1. The molecule has 0 aliphatic heterocycles. The summed E-state index contributed by atoms with van der Waals surface area (Å²) >= 11 is 0. The number of aryl methyl sites for hydroxylation is 2. The van der Waals surface area contributed by atoms with Crippen molar-refractivity contribution in [2.75, 3.05) is 5.32 Å². The smallest absolute Gasteiger partial charge is 0.261 e. The summed E-state index contributed by atoms with van der Waals surface area (Å²) < 4.78 is 22.5. The number of nitrogens with zero attached hydrogens (tertiary/aromatic N) is 1. The third-order valence-electron chi connectivity index (χ3n) is 2.86. The van der Waals surface area contributed by atoms with Gasteiger partial charge in [0.05, 0.1) is 10.5 Å². The molecule has 21 heavy (non-hydrogen) atoms. The molecule has 0 radical (unpaired) electrons. The van der Waals surface area contributed by atoms with Crippen LogP contribution in [0.1, 0.15) is 21.5 Å². The summed E-state index contributed by atoms with van der Waals surface area (Å²) in [6, 6.07) is 5.98. The van der Waals surface area contributed by atoms with Crippen LogP contribution in [-0.2, 0) is 9.05 Å². The minimum absolute atomic E-state index is 0.00288. The van der Waals surface area contributed by atoms with Crippen LogP contribution >= 0.6 is 10.7 Å². The molecule has 1 N–H and O–H groups in total. The Hall–Kier alpha value is -1.92. The van der Waals surface area contributed by atoms with Crippen LogP contribution in [0.3, 0.4) is 0 Å². The van der Waals surface area contributed by atoms with Crippen LogP contribution in [-0.4, -0.2) is 19.3 Å². The number of pyridine rings is 1. The Morgan fingerprint density at radius 3 is 2.48 bits per heavy atom. The van der Waals surface area contributed by atoms with Crippen LogP contribution in [0, 0.1) is 13.8 Å². The predicted octanol–water partition coefficient (Wildman–Crippen LogP) is 2.88. The van der Waals surface area contributed by atoms with Gasteiger partial charge in [-0.1, -0.05) is 0 Å². The topological polar surface area (TPSA) is 76.1 Å². The molecule has 0 spiro atoms. The molecule has 0 unspecified atom stereocenters. The number of amides is 1. The standard InChI is InChI=1S/C14H13ClN2O3S/c1-9-5-11(8-16-7-9)14(18)17-13-4-3-12(6-10(13)2)21(15,19)20/h3-8H,1-2H3,(H,17,18). The zero-order valence-electron chi connectivity index (χ0n) is 11.4. The zero-order chi connectivity index (χ0) is 15.6. The largest absolute Gasteiger partial charge is 0.322 e. The number of hydrogen-bond donors (Lipinski definition) is 1. The van der Waals surface area contributed by atoms with Gasteiger partial charge in [0.15, 0.2) is 0 Å². The molecular formula is C14H13ClN2O3S. The van der Waals surface area contributed by atoms with Crippen molar-refractivity contribution in [3.8, 4) is 0 Å². The molecule has 5 nitrogen and oxygen atoms in total. The van der Waals surface area contributed by atoms with Gasteiger partial charge < -0.3 is 5.32 Å². The summed E-state index contributed by atoms with van der Waals surface area (Å²) in [5.41, 5.74) is 2.43. The number of carbonyl (C=O) groups excluding carboxylic acids is 1. The maximum absolute atomic E-state index is 12.1. The van der Waals surface area contributed by atoms with Crippen molar-refractivity contribution >= 4 is 31.3 Å². The van der Waals surface area contributed by atoms with Crippen molar-refractivity contribution in [2.45, 2.75) is 18.7 Å². The van der Waals surface area contributed by atoms with E-state index in [0.717, 1.165) is 5.56 Å². The van der Waals surface area contributed by atoms with Gasteiger partial charge in [0.2, 0.25) is 0 Å². The minimum atomic E-state index is -3.78. The second-order valence-corrected chi connectivity index (χ2v) is 7.19. The van der Waals surface area contributed by atoms with Crippen molar-refractivity contribution in [1.82, 2.24) is 4.98 Å². The highest BCUT2D eigenvalue weighted by molar-refractivity contribution is 8.13. The minimum Gasteiger partial charge on any atom is -0.322 e. The van der Waals surface area contributed by atoms with Crippen LogP contribution in [0.4, 0.5) is 5.69 Å². The van der Waals surface area contributed by atoms with E-state index in [0.29, 0.717) is 16.8 Å². The van der Waals surface area contributed by atoms with Gasteiger partial charge in [-0.05, 0) is 49.2 Å². The average molecular weight is 325 g/mol. The number of nitrogens with one attached hydrogen (secondary N) is 1. The molecule has 2 aromatic rings. The average Bonchev–Trinajstić information content (AvgIpc) is 2.39. The predicted molar refractivity (Wildman–Crippen MR) is 81.1 cm³/mol. The molecule has 1 heterocycles. The first kappa shape index (κ1) is 15.5. The summed E-state index contributed by atoms with van der Waals surface area (Å²) in [5, 5.41) is 2.72. The first-order chi connectivity index (χ1) is 9.77. The maximum Gasteiger partial charge on any atom is 0.261 e. The zero-order valence-corrected chi connectivity index (χ0v) is 13.0. The molecule has 110 valence electrons. The number of hydrogen-bond acceptors (Lipinski definition) is 4. The van der Waals surface area contributed by atoms with Crippen molar-refractivity contribution in [3.63, 3.8) is 0 Å². The van der Waals surface area contributed by atoms with Gasteiger partial charge in [-0.2, -0.15) is 0 Å². The molecule has 1 aromatic heterocycles. The van der Waals surface area contributed by atoms with Gasteiger partial charge in [-0.25, -0.2) is 8.42 Å². The highest BCUT2D eigenvalue weighted by atomic mass is 35.7. The van der Waals surface area contributed by atoms with Crippen LogP contribution in [0.25, 0.3) is 0 Å². The van der Waals surface area contributed by atoms with E-state index in [1.807, 2.05) is 6.92 Å². The molecule has 0 saturated carbocycles. The van der Waals surface area contributed by atoms with Crippen LogP contribution < -0.4 is 5.32 Å². The molecule has 2 rings (SSSR count). The lowest BCUT2D eigenvalue weighted by Gasteiger charge is -2.09. The number of aromatic nitrogens is 1. The summed E-state index contributed by atoms with van der Waals surface area (Å²) in [6.07, 6.45) is 3.12. The van der Waals surface area contributed by atoms with E-state index < -0.39 is 9.05 Å². The van der Waals surface area contributed by atoms with Crippen molar-refractivity contribution in [2.24, 2.45) is 0 Å². The van der Waals surface area contributed by atoms with E-state index in [1.165, 1.54) is 24.4 Å². The molecule has 0 aliphatic carbocycles. The highest BCUT2D eigenvalue weighted by Gasteiger charge is 2.13. The second-order valence-electron chi connectivity index (χ2n) is 4.62. The Kier molecular flexibility index (Phi) is 4.29. The molecule has 1 aromatic carbocycles. The first-order valence-corrected chi connectivity index (χ1v) is 8.36. The fourth-order valence-electron chi connectivity index (χ4n) is 1.80. The van der Waals surface area contributed by atoms with Gasteiger partial charge in [0.1, 0.15) is 0 Å². The van der Waals surface area contributed by atoms with Crippen LogP contribution in [0.5, 0.6) is 0 Å². The fourth-order valence-corrected chi connectivity index (χ4v) is 2.64. The molecule has 0 atom stereocenters. The van der Waals surface area contributed by atoms with E-state index in [2.05, 4.69) is 10.3 Å². The third kappa shape index (κ3) is 3.80. The highest BCUT2D eigenvalue weighted by Crippen LogP contribution is 2.22. The summed E-state index contributed by atoms with van der Waals surface area (Å²) in [5.74, 6) is -0.309. The summed E-state index contributed by atoms with van der Waals surface area (Å²) in [6.45, 7) is 3.53. The quantitative estimate of drug-likeness (QED) is 0.881. The fraction of sp³-hybridized carbons (Fsp3) is 0.143. The van der Waals surface area contributed by atoms with Crippen molar-refractivity contribution in [3.05, 3.63) is 53.3 Å². The van der Waals surface area contributed by atoms with E-state index in [4.69, 9.17) is 10.7 Å². The van der Waals surface area contributed by atoms with Gasteiger partial charge in [-0.3, -0.25) is 9.78 Å². The lowest BCUT2D eigenvalue weighted by molar-refractivity contribution is 0.102. The third-order valence-corrected chi connectivity index (χ3v) is 4.22. The SMILES string of the molecule is Cc1cncc(C(=O)Nc2ccc(S(=O)(=O)Cl)cc2C)c1. The van der Waals surface area contributed by atoms with E-state index in [-0.39, 0.29) is 10.8 Å². The lowest BCUT2D eigenvalue weighted by atomic mass is 10.1. The van der Waals surface area contributed by atoms with E-state index >= 15 is 0 Å². The van der Waals surface area contributed by atoms with E-state index in [9.17, 15) is 13.2 Å². The summed E-state index contributed by atoms with van der Waals surface area (Å²) in [4.78, 5) is 16.1. The molecule has 0 saturated heterocycles. The molecule has 0 fully saturated rings. The van der Waals surface area contributed by atoms with Gasteiger partial charge in [0, 0.05) is 28.8 Å². The Morgan fingerprint density at radius 1 is 1.19 bits per heavy atom. The van der Waals surface area contributed by atoms with Gasteiger partial charge >= 0.3 is 0 Å². The molecule has 7 heteroatoms. The molecule has 0 aliphatic rings. The normalized spacial score (nSPS) is 11.2. The molecular weight excluding hydrogens is 312 g/mol. The van der Waals surface area contributed by atoms with Gasteiger partial charge in [-0.15, -0.1) is 0 Å². The lowest BCUT2D eigenvalue weighted by Crippen LogP contribution is -2.13. The van der Waals surface area contributed by atoms with Crippen molar-refractivity contribution in [1.29, 1.82) is 0 Å². The Morgan fingerprint density at radius 2 is 1.90 bits per heavy atom. The molecule has 1 amide bonds. The molecule has 0 bridgehead atoms. The van der Waals surface area contributed by atoms with Crippen LogP contribution in [0.15, 0.2) is 41.6 Å². The Labute approximate surface area is 127 Å². The Bertz CT molecular complexity index is 804. The Balaban J connectivity index is 2.26. The van der Waals surface area contributed by atoms with E-state index in [1.54, 1.807) is 19.2 Å². The number of carbonyl (C=O) groups is 1.